The van der Waals surface area contributed by atoms with Crippen LogP contribution in [0.25, 0.3) is 0 Å². The zero-order valence-corrected chi connectivity index (χ0v) is 24.7. The van der Waals surface area contributed by atoms with E-state index < -0.39 is 90.7 Å². The third-order valence-electron chi connectivity index (χ3n) is 5.54. The number of aliphatic hydroxyl groups excluding tert-OH is 7. The van der Waals surface area contributed by atoms with Crippen LogP contribution in [0.3, 0.4) is 0 Å². The number of nitrogens with zero attached hydrogens (tertiary/aromatic N) is 1. The van der Waals surface area contributed by atoms with E-state index in [0.29, 0.717) is 0 Å². The topological polar surface area (TPSA) is 248 Å². The molecule has 0 saturated carbocycles. The van der Waals surface area contributed by atoms with Crippen molar-refractivity contribution >= 4 is 85.5 Å². The van der Waals surface area contributed by atoms with Gasteiger partial charge < -0.3 is 52.1 Å². The number of hydrogen-bond donors (Lipinski definition) is 9. The molecule has 13 nitrogen and oxygen atoms in total. The molecule has 16 heteroatoms. The van der Waals surface area contributed by atoms with Crippen molar-refractivity contribution < 1.29 is 50.1 Å². The highest BCUT2D eigenvalue weighted by Gasteiger charge is 2.64. The summed E-state index contributed by atoms with van der Waals surface area (Å²) in [4.78, 5) is 39.5. The highest BCUT2D eigenvalue weighted by atomic mass is 127. The summed E-state index contributed by atoms with van der Waals surface area (Å²) in [5.41, 5.74) is 9.07. The van der Waals surface area contributed by atoms with Crippen molar-refractivity contribution in [3.8, 4) is 0 Å². The number of hydrogen-bond acceptors (Lipinski definition) is 10. The molecule has 11 N–H and O–H groups in total. The van der Waals surface area contributed by atoms with Gasteiger partial charge >= 0.3 is 0 Å². The Hall–Kier alpha value is -0.200. The maximum absolute atomic E-state index is 13.2. The van der Waals surface area contributed by atoms with Crippen LogP contribution in [0.5, 0.6) is 0 Å². The largest absolute Gasteiger partial charge is 0.394 e. The maximum atomic E-state index is 13.2. The number of halogens is 3. The molecule has 3 amide bonds. The molecule has 1 rings (SSSR count). The van der Waals surface area contributed by atoms with E-state index in [1.165, 1.54) is 0 Å². The molecular formula is C19H28I3N3O10. The second-order valence-corrected chi connectivity index (χ2v) is 11.9. The second-order valence-electron chi connectivity index (χ2n) is 7.87. The third kappa shape index (κ3) is 6.45. The standard InChI is InChI=1S/C19H28I3N3O10/c20-13-12(16(23)34)19(22,2-9(31)5-27)18(17(24)35,1-8(30)4-26)15(21)14(13)25(11(33)7-29)3-10(32)6-28/h8-10,26-32H,1-7H2,(H2,23,34)(H2,24,35). The molecule has 0 aliphatic heterocycles. The van der Waals surface area contributed by atoms with E-state index in [-0.39, 0.29) is 18.4 Å². The summed E-state index contributed by atoms with van der Waals surface area (Å²) in [5, 5.41) is 68.7. The summed E-state index contributed by atoms with van der Waals surface area (Å²) >= 11 is 5.07. The van der Waals surface area contributed by atoms with Gasteiger partial charge in [-0.05, 0) is 58.0 Å². The van der Waals surface area contributed by atoms with E-state index in [1.807, 2.05) is 0 Å². The first-order valence-corrected chi connectivity index (χ1v) is 13.3. The number of nitrogens with two attached hydrogens (primary N) is 2. The van der Waals surface area contributed by atoms with E-state index in [2.05, 4.69) is 0 Å². The lowest BCUT2D eigenvalue weighted by Crippen LogP contribution is -2.61. The van der Waals surface area contributed by atoms with Crippen LogP contribution >= 0.6 is 67.8 Å². The molecule has 0 aromatic carbocycles. The Bertz CT molecular complexity index is 901. The number of primary amides is 2. The van der Waals surface area contributed by atoms with Crippen LogP contribution in [-0.2, 0) is 14.4 Å². The average molecular weight is 839 g/mol. The quantitative estimate of drug-likeness (QED) is 0.0678. The minimum atomic E-state index is -2.07. The molecule has 0 fully saturated rings. The van der Waals surface area contributed by atoms with Crippen molar-refractivity contribution in [1.29, 1.82) is 0 Å². The van der Waals surface area contributed by atoms with Crippen LogP contribution in [0.4, 0.5) is 0 Å². The molecule has 5 atom stereocenters. The van der Waals surface area contributed by atoms with Crippen LogP contribution in [0, 0.1) is 5.41 Å². The number of rotatable bonds is 13. The fraction of sp³-hybridized carbons (Fsp3) is 0.632. The first-order chi connectivity index (χ1) is 16.2. The lowest BCUT2D eigenvalue weighted by molar-refractivity contribution is -0.134. The van der Waals surface area contributed by atoms with Crippen molar-refractivity contribution in [1.82, 2.24) is 4.90 Å². The molecule has 0 bridgehead atoms. The summed E-state index contributed by atoms with van der Waals surface area (Å²) in [7, 11) is 0. The molecule has 0 heterocycles. The molecule has 1 aliphatic carbocycles. The zero-order valence-electron chi connectivity index (χ0n) is 18.3. The molecule has 0 aromatic rings. The minimum Gasteiger partial charge on any atom is -0.394 e. The van der Waals surface area contributed by atoms with Crippen LogP contribution < -0.4 is 11.5 Å². The number of alkyl halides is 1. The molecule has 0 aromatic heterocycles. The average Bonchev–Trinajstić information content (AvgIpc) is 2.79. The van der Waals surface area contributed by atoms with Crippen LogP contribution in [0.15, 0.2) is 18.4 Å². The van der Waals surface area contributed by atoms with Gasteiger partial charge in [-0.3, -0.25) is 14.4 Å². The lowest BCUT2D eigenvalue weighted by atomic mass is 9.62. The summed E-state index contributed by atoms with van der Waals surface area (Å²) in [6.45, 7) is -3.91. The molecule has 5 unspecified atom stereocenters. The van der Waals surface area contributed by atoms with Crippen molar-refractivity contribution in [2.75, 3.05) is 33.0 Å². The molecule has 35 heavy (non-hydrogen) atoms. The highest BCUT2D eigenvalue weighted by Crippen LogP contribution is 2.62. The van der Waals surface area contributed by atoms with E-state index in [1.54, 1.807) is 67.8 Å². The minimum absolute atomic E-state index is 0.0151. The van der Waals surface area contributed by atoms with Crippen molar-refractivity contribution in [3.05, 3.63) is 18.4 Å². The van der Waals surface area contributed by atoms with Gasteiger partial charge in [0, 0.05) is 12.7 Å². The Morgan fingerprint density at radius 2 is 1.37 bits per heavy atom. The van der Waals surface area contributed by atoms with Crippen molar-refractivity contribution in [3.63, 3.8) is 0 Å². The van der Waals surface area contributed by atoms with Crippen molar-refractivity contribution in [2.45, 2.75) is 34.6 Å². The molecular weight excluding hydrogens is 811 g/mol. The predicted octanol–water partition coefficient (Wildman–Crippen LogP) is -2.87. The monoisotopic (exact) mass is 839 g/mol. The Labute approximate surface area is 241 Å². The van der Waals surface area contributed by atoms with E-state index in [0.717, 1.165) is 4.90 Å². The van der Waals surface area contributed by atoms with Gasteiger partial charge in [0.1, 0.15) is 12.0 Å². The molecule has 200 valence electrons. The van der Waals surface area contributed by atoms with Gasteiger partial charge in [-0.2, -0.15) is 0 Å². The summed E-state index contributed by atoms with van der Waals surface area (Å²) < 4.78 is -1.78. The first kappa shape index (κ1) is 32.8. The molecule has 1 aliphatic rings. The SMILES string of the molecule is NC(=O)C1=C(I)C(N(CC(O)CO)C(=O)CO)=C(I)C(CC(O)CO)(C(N)=O)C1(I)CC(O)CO. The Morgan fingerprint density at radius 1 is 0.886 bits per heavy atom. The Kier molecular flexibility index (Phi) is 12.7. The van der Waals surface area contributed by atoms with Gasteiger partial charge in [-0.15, -0.1) is 0 Å². The number of amides is 3. The first-order valence-electron chi connectivity index (χ1n) is 10.1. The van der Waals surface area contributed by atoms with Gasteiger partial charge in [0.05, 0.1) is 53.8 Å². The maximum Gasteiger partial charge on any atom is 0.252 e. The third-order valence-corrected chi connectivity index (χ3v) is 9.92. The Morgan fingerprint density at radius 3 is 1.77 bits per heavy atom. The molecule has 0 spiro atoms. The fourth-order valence-electron chi connectivity index (χ4n) is 3.93. The van der Waals surface area contributed by atoms with Gasteiger partial charge in [-0.25, -0.2) is 0 Å². The summed E-state index contributed by atoms with van der Waals surface area (Å²) in [6.07, 6.45) is -5.51. The van der Waals surface area contributed by atoms with E-state index in [9.17, 15) is 50.1 Å². The number of carbonyl (C=O) groups excluding carboxylic acids is 3. The highest BCUT2D eigenvalue weighted by molar-refractivity contribution is 14.1. The Balaban J connectivity index is 4.25. The number of allylic oxidation sites excluding steroid dienone is 1. The van der Waals surface area contributed by atoms with Gasteiger partial charge in [-0.1, -0.05) is 22.6 Å². The summed E-state index contributed by atoms with van der Waals surface area (Å²) in [5.74, 6) is -3.14. The van der Waals surface area contributed by atoms with Gasteiger partial charge in [0.25, 0.3) is 5.91 Å². The zero-order chi connectivity index (χ0) is 27.3. The fourth-order valence-corrected chi connectivity index (χ4v) is 10.1. The van der Waals surface area contributed by atoms with Gasteiger partial charge in [0.15, 0.2) is 0 Å². The van der Waals surface area contributed by atoms with E-state index in [4.69, 9.17) is 11.5 Å². The van der Waals surface area contributed by atoms with E-state index >= 15 is 0 Å². The predicted molar refractivity (Wildman–Crippen MR) is 147 cm³/mol. The number of carbonyl (C=O) groups is 3. The van der Waals surface area contributed by atoms with Crippen LogP contribution in [0.2, 0.25) is 0 Å². The normalized spacial score (nSPS) is 25.3. The smallest absolute Gasteiger partial charge is 0.252 e. The van der Waals surface area contributed by atoms with Gasteiger partial charge in [0.2, 0.25) is 11.8 Å². The number of aliphatic hydroxyl groups is 7. The second kappa shape index (κ2) is 13.6. The lowest BCUT2D eigenvalue weighted by Gasteiger charge is -2.51. The molecule has 0 saturated heterocycles. The van der Waals surface area contributed by atoms with Crippen molar-refractivity contribution in [2.24, 2.45) is 16.9 Å². The molecule has 0 radical (unpaired) electrons. The van der Waals surface area contributed by atoms with Crippen LogP contribution in [-0.4, -0.2) is 113 Å². The van der Waals surface area contributed by atoms with Crippen LogP contribution in [0.1, 0.15) is 12.8 Å². The summed E-state index contributed by atoms with van der Waals surface area (Å²) in [6, 6.07) is 0.